The van der Waals surface area contributed by atoms with E-state index in [1.54, 1.807) is 4.68 Å². The van der Waals surface area contributed by atoms with Crippen LogP contribution in [-0.2, 0) is 7.05 Å². The molecule has 1 saturated heterocycles. The van der Waals surface area contributed by atoms with Gasteiger partial charge in [0, 0.05) is 36.1 Å². The molecular formula is C19H18BFN6S. The Kier molecular flexibility index (Phi) is 3.98. The van der Waals surface area contributed by atoms with Gasteiger partial charge < -0.3 is 0 Å². The zero-order valence-electron chi connectivity index (χ0n) is 15.7. The molecule has 0 atom stereocenters. The van der Waals surface area contributed by atoms with Crippen LogP contribution in [-0.4, -0.2) is 31.1 Å². The van der Waals surface area contributed by atoms with E-state index < -0.39 is 0 Å². The molecule has 5 rings (SSSR count). The van der Waals surface area contributed by atoms with Crippen LogP contribution < -0.4 is 0 Å². The van der Waals surface area contributed by atoms with Gasteiger partial charge in [0.2, 0.25) is 10.9 Å². The standard InChI is InChI=1S/C19H18BFN6S/c1-11-7-13(8-14-9-26(2)24-15(11)14)18-25-27-17(21)16(23-19(27)28-18)12-3-5-20(10-22)6-4-12/h7-9,12H,3-6H2,1-2H3. The summed E-state index contributed by atoms with van der Waals surface area (Å²) in [5.41, 5.74) is 3.48. The number of nitriles is 1. The van der Waals surface area contributed by atoms with Crippen LogP contribution in [0.3, 0.4) is 0 Å². The average Bonchev–Trinajstić information content (AvgIpc) is 3.36. The molecule has 140 valence electrons. The summed E-state index contributed by atoms with van der Waals surface area (Å²) in [6, 6.07) is 4.07. The lowest BCUT2D eigenvalue weighted by Crippen LogP contribution is -2.19. The third kappa shape index (κ3) is 2.71. The Labute approximate surface area is 165 Å². The van der Waals surface area contributed by atoms with E-state index in [1.807, 2.05) is 32.3 Å². The maximum atomic E-state index is 15.0. The van der Waals surface area contributed by atoms with E-state index in [-0.39, 0.29) is 18.6 Å². The highest BCUT2D eigenvalue weighted by molar-refractivity contribution is 7.19. The summed E-state index contributed by atoms with van der Waals surface area (Å²) in [5, 5.41) is 19.8. The molecule has 3 aromatic heterocycles. The van der Waals surface area contributed by atoms with Crippen molar-refractivity contribution in [3.8, 4) is 16.5 Å². The number of benzene rings is 1. The number of hydrogen-bond acceptors (Lipinski definition) is 5. The molecule has 1 fully saturated rings. The van der Waals surface area contributed by atoms with Crippen LogP contribution in [0.25, 0.3) is 26.4 Å². The summed E-state index contributed by atoms with van der Waals surface area (Å²) in [7, 11) is 1.90. The van der Waals surface area contributed by atoms with Crippen LogP contribution >= 0.6 is 11.3 Å². The number of nitrogens with zero attached hydrogens (tertiary/aromatic N) is 6. The van der Waals surface area contributed by atoms with Crippen molar-refractivity contribution in [3.63, 3.8) is 0 Å². The quantitative estimate of drug-likeness (QED) is 0.479. The molecule has 4 heterocycles. The first-order valence-electron chi connectivity index (χ1n) is 9.42. The number of imidazole rings is 1. The minimum atomic E-state index is -0.364. The maximum absolute atomic E-state index is 15.0. The van der Waals surface area contributed by atoms with Gasteiger partial charge in [-0.15, -0.1) is 0 Å². The van der Waals surface area contributed by atoms with Gasteiger partial charge in [-0.05, 0) is 24.6 Å². The van der Waals surface area contributed by atoms with Gasteiger partial charge in [-0.1, -0.05) is 36.8 Å². The zero-order chi connectivity index (χ0) is 19.4. The molecule has 1 aliphatic heterocycles. The van der Waals surface area contributed by atoms with Crippen molar-refractivity contribution in [3.05, 3.63) is 35.5 Å². The van der Waals surface area contributed by atoms with E-state index in [2.05, 4.69) is 21.1 Å². The van der Waals surface area contributed by atoms with Crippen LogP contribution in [0.2, 0.25) is 12.6 Å². The lowest BCUT2D eigenvalue weighted by molar-refractivity contribution is 0.500. The van der Waals surface area contributed by atoms with Gasteiger partial charge in [-0.2, -0.15) is 19.1 Å². The molecule has 0 N–H and O–H groups in total. The molecular weight excluding hydrogens is 374 g/mol. The minimum absolute atomic E-state index is 0.0796. The lowest BCUT2D eigenvalue weighted by atomic mass is 9.41. The predicted octanol–water partition coefficient (Wildman–Crippen LogP) is 4.23. The van der Waals surface area contributed by atoms with Crippen molar-refractivity contribution in [2.45, 2.75) is 38.3 Å². The summed E-state index contributed by atoms with van der Waals surface area (Å²) >= 11 is 1.40. The molecule has 0 spiro atoms. The topological polar surface area (TPSA) is 71.8 Å². The molecule has 0 radical (unpaired) electrons. The highest BCUT2D eigenvalue weighted by Gasteiger charge is 2.30. The summed E-state index contributed by atoms with van der Waals surface area (Å²) in [6.45, 7) is 2.12. The molecule has 28 heavy (non-hydrogen) atoms. The Hall–Kier alpha value is -2.73. The highest BCUT2D eigenvalue weighted by atomic mass is 32.1. The van der Waals surface area contributed by atoms with E-state index in [0.717, 1.165) is 52.5 Å². The van der Waals surface area contributed by atoms with E-state index in [1.165, 1.54) is 15.9 Å². The normalized spacial score (nSPS) is 15.6. The fourth-order valence-corrected chi connectivity index (χ4v) is 5.05. The SMILES string of the molecule is Cc1cc(-c2nn3c(F)c(C4CCB(C#N)CC4)nc3s2)cc2cn(C)nc12. The monoisotopic (exact) mass is 392 g/mol. The molecule has 0 aliphatic carbocycles. The van der Waals surface area contributed by atoms with E-state index >= 15 is 4.39 Å². The zero-order valence-corrected chi connectivity index (χ0v) is 16.5. The van der Waals surface area contributed by atoms with Crippen LogP contribution in [0.4, 0.5) is 4.39 Å². The number of fused-ring (bicyclic) bond motifs is 2. The van der Waals surface area contributed by atoms with Gasteiger partial charge in [0.25, 0.3) is 6.71 Å². The fourth-order valence-electron chi connectivity index (χ4n) is 4.16. The Morgan fingerprint density at radius 3 is 2.79 bits per heavy atom. The second-order valence-corrected chi connectivity index (χ2v) is 8.56. The van der Waals surface area contributed by atoms with Gasteiger partial charge in [0.05, 0.1) is 5.52 Å². The Balaban J connectivity index is 1.51. The van der Waals surface area contributed by atoms with E-state index in [9.17, 15) is 0 Å². The van der Waals surface area contributed by atoms with Crippen molar-refractivity contribution in [2.24, 2.45) is 7.05 Å². The van der Waals surface area contributed by atoms with E-state index in [0.29, 0.717) is 10.7 Å². The Bertz CT molecular complexity index is 1240. The highest BCUT2D eigenvalue weighted by Crippen LogP contribution is 2.36. The smallest absolute Gasteiger partial charge is 0.267 e. The first kappa shape index (κ1) is 17.4. The molecule has 0 amide bonds. The van der Waals surface area contributed by atoms with Gasteiger partial charge in [0.15, 0.2) is 0 Å². The molecule has 0 unspecified atom stereocenters. The van der Waals surface area contributed by atoms with Gasteiger partial charge in [-0.25, -0.2) is 10.2 Å². The number of hydrogen-bond donors (Lipinski definition) is 0. The third-order valence-corrected chi connectivity index (χ3v) is 6.59. The minimum Gasteiger partial charge on any atom is -0.275 e. The number of halogens is 1. The lowest BCUT2D eigenvalue weighted by Gasteiger charge is -2.21. The van der Waals surface area contributed by atoms with E-state index in [4.69, 9.17) is 5.26 Å². The van der Waals surface area contributed by atoms with Crippen LogP contribution in [0.1, 0.15) is 30.0 Å². The van der Waals surface area contributed by atoms with Crippen molar-refractivity contribution in [1.82, 2.24) is 24.4 Å². The second kappa shape index (κ2) is 6.42. The molecule has 0 bridgehead atoms. The maximum Gasteiger partial charge on any atom is 0.267 e. The molecule has 6 nitrogen and oxygen atoms in total. The van der Waals surface area contributed by atoms with Gasteiger partial charge >= 0.3 is 0 Å². The summed E-state index contributed by atoms with van der Waals surface area (Å²) in [4.78, 5) is 5.14. The second-order valence-electron chi connectivity index (χ2n) is 7.60. The fraction of sp³-hybridized carbons (Fsp3) is 0.368. The first-order chi connectivity index (χ1) is 13.5. The summed E-state index contributed by atoms with van der Waals surface area (Å²) in [5.74, 6) is 2.04. The largest absolute Gasteiger partial charge is 0.275 e. The molecule has 9 heteroatoms. The number of rotatable bonds is 2. The molecule has 0 saturated carbocycles. The third-order valence-electron chi connectivity index (χ3n) is 5.63. The van der Waals surface area contributed by atoms with Crippen molar-refractivity contribution in [1.29, 1.82) is 5.26 Å². The molecule has 1 aliphatic rings. The van der Waals surface area contributed by atoms with Crippen LogP contribution in [0.15, 0.2) is 18.3 Å². The molecule has 1 aromatic carbocycles. The summed E-state index contributed by atoms with van der Waals surface area (Å²) < 4.78 is 18.1. The number of aromatic nitrogens is 5. The average molecular weight is 392 g/mol. The van der Waals surface area contributed by atoms with Crippen LogP contribution in [0.5, 0.6) is 0 Å². The predicted molar refractivity (Wildman–Crippen MR) is 108 cm³/mol. The Morgan fingerprint density at radius 2 is 2.07 bits per heavy atom. The van der Waals surface area contributed by atoms with Crippen molar-refractivity contribution in [2.75, 3.05) is 0 Å². The van der Waals surface area contributed by atoms with Crippen LogP contribution in [0, 0.1) is 24.1 Å². The first-order valence-corrected chi connectivity index (χ1v) is 10.2. The van der Waals surface area contributed by atoms with Crippen molar-refractivity contribution < 1.29 is 4.39 Å². The molecule has 4 aromatic rings. The van der Waals surface area contributed by atoms with Gasteiger partial charge in [0.1, 0.15) is 10.7 Å². The number of aryl methyl sites for hydroxylation is 2. The van der Waals surface area contributed by atoms with Gasteiger partial charge in [-0.3, -0.25) is 4.68 Å². The van der Waals surface area contributed by atoms with Crippen molar-refractivity contribution >= 4 is 33.9 Å². The Morgan fingerprint density at radius 1 is 1.29 bits per heavy atom. The summed E-state index contributed by atoms with van der Waals surface area (Å²) in [6.07, 6.45) is 5.22.